The van der Waals surface area contributed by atoms with Crippen molar-refractivity contribution in [2.24, 2.45) is 0 Å². The summed E-state index contributed by atoms with van der Waals surface area (Å²) in [4.78, 5) is 30.2. The summed E-state index contributed by atoms with van der Waals surface area (Å²) in [6.45, 7) is 12.9. The Kier molecular flexibility index (Phi) is 4.20. The summed E-state index contributed by atoms with van der Waals surface area (Å²) in [7, 11) is 0. The zero-order valence-electron chi connectivity index (χ0n) is 19.3. The molecule has 4 heteroatoms. The topological polar surface area (TPSA) is 63.1 Å². The molecular formula is C28H27NO3. The number of hydrogen-bond donors (Lipinski definition) is 1. The lowest BCUT2D eigenvalue weighted by atomic mass is 9.81. The molecule has 0 spiro atoms. The third-order valence-electron chi connectivity index (χ3n) is 6.28. The van der Waals surface area contributed by atoms with Crippen LogP contribution in [0.3, 0.4) is 0 Å². The summed E-state index contributed by atoms with van der Waals surface area (Å²) >= 11 is 0. The maximum absolute atomic E-state index is 13.5. The van der Waals surface area contributed by atoms with E-state index >= 15 is 0 Å². The average Bonchev–Trinajstić information content (AvgIpc) is 2.73. The van der Waals surface area contributed by atoms with Crippen LogP contribution in [-0.2, 0) is 10.8 Å². The van der Waals surface area contributed by atoms with E-state index in [1.165, 1.54) is 0 Å². The molecule has 0 aliphatic heterocycles. The minimum atomic E-state index is -0.179. The Labute approximate surface area is 185 Å². The second-order valence-electron chi connectivity index (χ2n) is 10.7. The van der Waals surface area contributed by atoms with E-state index in [9.17, 15) is 9.59 Å². The van der Waals surface area contributed by atoms with E-state index in [1.807, 2.05) is 6.07 Å². The smallest absolute Gasteiger partial charge is 0.198 e. The molecule has 0 fully saturated rings. The van der Waals surface area contributed by atoms with Crippen LogP contribution in [-0.4, -0.2) is 4.98 Å². The molecule has 0 saturated carbocycles. The van der Waals surface area contributed by atoms with Crippen molar-refractivity contribution in [3.05, 3.63) is 80.1 Å². The average molecular weight is 426 g/mol. The minimum Gasteiger partial charge on any atom is -0.452 e. The molecule has 0 unspecified atom stereocenters. The normalized spacial score (nSPS) is 12.9. The number of hydrogen-bond acceptors (Lipinski definition) is 3. The van der Waals surface area contributed by atoms with Gasteiger partial charge in [0.15, 0.2) is 22.0 Å². The first-order valence-corrected chi connectivity index (χ1v) is 11.0. The minimum absolute atomic E-state index is 0.104. The van der Waals surface area contributed by atoms with E-state index in [0.717, 1.165) is 22.2 Å². The van der Waals surface area contributed by atoms with Gasteiger partial charge in [0.1, 0.15) is 0 Å². The maximum atomic E-state index is 13.5. The van der Waals surface area contributed by atoms with E-state index in [-0.39, 0.29) is 21.7 Å². The molecule has 1 N–H and O–H groups in total. The predicted molar refractivity (Wildman–Crippen MR) is 133 cm³/mol. The van der Waals surface area contributed by atoms with E-state index in [2.05, 4.69) is 58.7 Å². The van der Waals surface area contributed by atoms with Crippen LogP contribution in [0.25, 0.3) is 43.7 Å². The van der Waals surface area contributed by atoms with Crippen molar-refractivity contribution in [3.8, 4) is 0 Å². The van der Waals surface area contributed by atoms with E-state index < -0.39 is 0 Å². The molecule has 1 heterocycles. The summed E-state index contributed by atoms with van der Waals surface area (Å²) < 4.78 is 6.57. The van der Waals surface area contributed by atoms with E-state index in [4.69, 9.17) is 4.42 Å². The summed E-state index contributed by atoms with van der Waals surface area (Å²) in [5.41, 5.74) is 4.37. The van der Waals surface area contributed by atoms with Gasteiger partial charge in [-0.3, -0.25) is 9.59 Å². The zero-order chi connectivity index (χ0) is 23.0. The number of aromatic nitrogens is 1. The fraction of sp³-hybridized carbons (Fsp3) is 0.286. The van der Waals surface area contributed by atoms with Gasteiger partial charge in [0.05, 0.1) is 16.4 Å². The van der Waals surface area contributed by atoms with E-state index in [0.29, 0.717) is 32.6 Å². The Hall–Kier alpha value is -3.40. The van der Waals surface area contributed by atoms with Crippen LogP contribution in [0.1, 0.15) is 52.7 Å². The van der Waals surface area contributed by atoms with Crippen molar-refractivity contribution < 1.29 is 4.42 Å². The van der Waals surface area contributed by atoms with Gasteiger partial charge in [-0.1, -0.05) is 77.9 Å². The van der Waals surface area contributed by atoms with Crippen LogP contribution in [0.15, 0.2) is 62.5 Å². The van der Waals surface area contributed by atoms with Gasteiger partial charge < -0.3 is 9.40 Å². The van der Waals surface area contributed by atoms with Gasteiger partial charge in [0.2, 0.25) is 0 Å². The number of rotatable bonds is 0. The number of aromatic amines is 1. The quantitative estimate of drug-likeness (QED) is 0.226. The Balaban J connectivity index is 2.06. The molecule has 162 valence electrons. The van der Waals surface area contributed by atoms with Crippen molar-refractivity contribution in [3.63, 3.8) is 0 Å². The molecule has 0 radical (unpaired) electrons. The molecule has 4 nitrogen and oxygen atoms in total. The van der Waals surface area contributed by atoms with Crippen LogP contribution in [0.4, 0.5) is 0 Å². The van der Waals surface area contributed by atoms with Crippen LogP contribution in [0.2, 0.25) is 0 Å². The first-order chi connectivity index (χ1) is 15.0. The lowest BCUT2D eigenvalue weighted by Gasteiger charge is -2.26. The Morgan fingerprint density at radius 1 is 0.656 bits per heavy atom. The number of fused-ring (bicyclic) bond motifs is 5. The lowest BCUT2D eigenvalue weighted by Crippen LogP contribution is -2.17. The lowest BCUT2D eigenvalue weighted by molar-refractivity contribution is 0.561. The molecule has 0 bridgehead atoms. The molecule has 0 saturated heterocycles. The van der Waals surface area contributed by atoms with Crippen LogP contribution < -0.4 is 10.9 Å². The molecule has 5 aromatic rings. The highest BCUT2D eigenvalue weighted by molar-refractivity contribution is 6.09. The van der Waals surface area contributed by atoms with Gasteiger partial charge in [0.25, 0.3) is 0 Å². The van der Waals surface area contributed by atoms with Crippen LogP contribution >= 0.6 is 0 Å². The first kappa shape index (κ1) is 20.5. The highest BCUT2D eigenvalue weighted by Gasteiger charge is 2.26. The second-order valence-corrected chi connectivity index (χ2v) is 10.7. The van der Waals surface area contributed by atoms with Crippen LogP contribution in [0, 0.1) is 0 Å². The number of nitrogens with one attached hydrogen (secondary N) is 1. The van der Waals surface area contributed by atoms with E-state index in [1.54, 1.807) is 30.3 Å². The molecule has 0 aliphatic rings. The molecule has 0 atom stereocenters. The number of H-pyrrole nitrogens is 1. The second kappa shape index (κ2) is 6.55. The van der Waals surface area contributed by atoms with Gasteiger partial charge in [-0.25, -0.2) is 0 Å². The highest BCUT2D eigenvalue weighted by atomic mass is 16.3. The zero-order valence-corrected chi connectivity index (χ0v) is 19.3. The fourth-order valence-corrected chi connectivity index (χ4v) is 4.63. The number of benzene rings is 4. The highest BCUT2D eigenvalue weighted by Crippen LogP contribution is 2.37. The monoisotopic (exact) mass is 425 g/mol. The molecule has 4 aromatic carbocycles. The third kappa shape index (κ3) is 2.89. The SMILES string of the molecule is CC(C)(C)c1ccc(C(C)(C)C)c2oc3c(ccc4c(=O)c5ccccc5c(=O)c43)[nH]c12. The summed E-state index contributed by atoms with van der Waals surface area (Å²) in [5.74, 6) is 0. The standard InChI is InChI=1S/C28H27NO3/c1-27(2,3)18-12-13-19(28(4,5)6)25-22(18)29-20-14-11-17-21(26(20)32-25)24(31)16-10-8-7-9-15(16)23(17)30/h7-14,29H,1-6H3. The fourth-order valence-electron chi connectivity index (χ4n) is 4.63. The summed E-state index contributed by atoms with van der Waals surface area (Å²) in [5, 5.41) is 1.60. The Morgan fingerprint density at radius 2 is 1.25 bits per heavy atom. The van der Waals surface area contributed by atoms with Gasteiger partial charge in [0, 0.05) is 21.7 Å². The first-order valence-electron chi connectivity index (χ1n) is 11.0. The van der Waals surface area contributed by atoms with Crippen molar-refractivity contribution in [2.45, 2.75) is 52.4 Å². The van der Waals surface area contributed by atoms with Crippen molar-refractivity contribution >= 4 is 43.7 Å². The van der Waals surface area contributed by atoms with Crippen LogP contribution in [0.5, 0.6) is 0 Å². The van der Waals surface area contributed by atoms with Crippen molar-refractivity contribution in [1.82, 2.24) is 4.98 Å². The largest absolute Gasteiger partial charge is 0.452 e. The van der Waals surface area contributed by atoms with Crippen molar-refractivity contribution in [2.75, 3.05) is 0 Å². The molecule has 5 rings (SSSR count). The molecule has 32 heavy (non-hydrogen) atoms. The van der Waals surface area contributed by atoms with Gasteiger partial charge in [-0.15, -0.1) is 0 Å². The molecule has 1 aromatic heterocycles. The summed E-state index contributed by atoms with van der Waals surface area (Å²) in [6.07, 6.45) is 0. The molecule has 0 aliphatic carbocycles. The van der Waals surface area contributed by atoms with Crippen molar-refractivity contribution in [1.29, 1.82) is 0 Å². The summed E-state index contributed by atoms with van der Waals surface area (Å²) in [6, 6.07) is 14.8. The third-order valence-corrected chi connectivity index (χ3v) is 6.28. The molecule has 0 amide bonds. The van der Waals surface area contributed by atoms with Gasteiger partial charge in [-0.05, 0) is 28.5 Å². The predicted octanol–water partition coefficient (Wildman–Crippen LogP) is 6.54. The maximum Gasteiger partial charge on any atom is 0.198 e. The molecular weight excluding hydrogens is 398 g/mol. The Bertz CT molecular complexity index is 1670. The Morgan fingerprint density at radius 3 is 1.88 bits per heavy atom. The van der Waals surface area contributed by atoms with Gasteiger partial charge >= 0.3 is 0 Å². The van der Waals surface area contributed by atoms with Gasteiger partial charge in [-0.2, -0.15) is 0 Å².